The Morgan fingerprint density at radius 1 is 1.38 bits per heavy atom. The average molecular weight is 316 g/mol. The maximum atomic E-state index is 12.9. The highest BCUT2D eigenvalue weighted by atomic mass is 32.2. The molecular formula is C13H20N2O5S. The summed E-state index contributed by atoms with van der Waals surface area (Å²) in [6.45, 7) is 6.42. The Kier molecular flexibility index (Phi) is 4.40. The van der Waals surface area contributed by atoms with Crippen LogP contribution in [0.3, 0.4) is 0 Å². The number of nitrogens with zero attached hydrogens (tertiary/aromatic N) is 1. The summed E-state index contributed by atoms with van der Waals surface area (Å²) in [4.78, 5) is 11.8. The summed E-state index contributed by atoms with van der Waals surface area (Å²) in [5.41, 5.74) is -0.0132. The van der Waals surface area contributed by atoms with Gasteiger partial charge in [0.25, 0.3) is 0 Å². The number of furan rings is 1. The van der Waals surface area contributed by atoms with E-state index in [1.807, 2.05) is 6.92 Å². The van der Waals surface area contributed by atoms with Crippen LogP contribution in [0.4, 0.5) is 0 Å². The van der Waals surface area contributed by atoms with Crippen molar-refractivity contribution in [1.29, 1.82) is 0 Å². The molecule has 1 aliphatic rings. The van der Waals surface area contributed by atoms with Crippen LogP contribution in [-0.2, 0) is 14.8 Å². The molecule has 2 heterocycles. The molecule has 0 radical (unpaired) electrons. The number of esters is 1. The van der Waals surface area contributed by atoms with Crippen molar-refractivity contribution >= 4 is 16.0 Å². The Hall–Kier alpha value is -1.38. The van der Waals surface area contributed by atoms with Gasteiger partial charge in [-0.15, -0.1) is 0 Å². The van der Waals surface area contributed by atoms with E-state index in [9.17, 15) is 13.2 Å². The molecule has 1 saturated heterocycles. The summed E-state index contributed by atoms with van der Waals surface area (Å²) in [5, 5.41) is 3.14. The molecule has 1 fully saturated rings. The van der Waals surface area contributed by atoms with Gasteiger partial charge < -0.3 is 14.5 Å². The topological polar surface area (TPSA) is 88.8 Å². The van der Waals surface area contributed by atoms with Gasteiger partial charge in [0, 0.05) is 25.7 Å². The number of sulfonamides is 1. The maximum Gasteiger partial charge on any atom is 0.342 e. The van der Waals surface area contributed by atoms with Gasteiger partial charge in [-0.3, -0.25) is 0 Å². The molecule has 1 aromatic heterocycles. The molecule has 21 heavy (non-hydrogen) atoms. The van der Waals surface area contributed by atoms with Crippen molar-refractivity contribution < 1.29 is 22.4 Å². The zero-order chi connectivity index (χ0) is 15.8. The third-order valence-electron chi connectivity index (χ3n) is 3.60. The molecule has 0 aliphatic carbocycles. The first-order valence-electron chi connectivity index (χ1n) is 6.71. The van der Waals surface area contributed by atoms with E-state index in [4.69, 9.17) is 4.42 Å². The van der Waals surface area contributed by atoms with Gasteiger partial charge in [-0.2, -0.15) is 4.31 Å². The number of ether oxygens (including phenoxy) is 1. The summed E-state index contributed by atoms with van der Waals surface area (Å²) in [6.07, 6.45) is 0. The van der Waals surface area contributed by atoms with Gasteiger partial charge in [-0.25, -0.2) is 13.2 Å². The van der Waals surface area contributed by atoms with Gasteiger partial charge in [0.2, 0.25) is 10.0 Å². The predicted molar refractivity (Wildman–Crippen MR) is 75.7 cm³/mol. The standard InChI is InChI=1S/C13H20N2O5S/c1-8-7-14-5-6-15(8)21(17,18)12-10(3)20-9(2)11(12)13(16)19-4/h8,14H,5-7H2,1-4H3/t8-/m1/s1. The SMILES string of the molecule is COC(=O)c1c(C)oc(C)c1S(=O)(=O)N1CCNC[C@H]1C. The lowest BCUT2D eigenvalue weighted by atomic mass is 10.2. The molecule has 1 aromatic rings. The average Bonchev–Trinajstić information content (AvgIpc) is 2.73. The minimum absolute atomic E-state index is 0.0132. The third-order valence-corrected chi connectivity index (χ3v) is 5.77. The van der Waals surface area contributed by atoms with Gasteiger partial charge in [0.15, 0.2) is 0 Å². The van der Waals surface area contributed by atoms with E-state index in [0.717, 1.165) is 0 Å². The summed E-state index contributed by atoms with van der Waals surface area (Å²) in [7, 11) is -2.59. The van der Waals surface area contributed by atoms with Crippen molar-refractivity contribution in [3.05, 3.63) is 17.1 Å². The lowest BCUT2D eigenvalue weighted by Crippen LogP contribution is -2.52. The molecule has 8 heteroatoms. The first-order chi connectivity index (χ1) is 9.80. The molecule has 1 N–H and O–H groups in total. The lowest BCUT2D eigenvalue weighted by Gasteiger charge is -2.32. The molecule has 0 aromatic carbocycles. The second kappa shape index (κ2) is 5.78. The summed E-state index contributed by atoms with van der Waals surface area (Å²) < 4.78 is 37.2. The first-order valence-corrected chi connectivity index (χ1v) is 8.15. The van der Waals surface area contributed by atoms with Crippen molar-refractivity contribution in [2.75, 3.05) is 26.7 Å². The highest BCUT2D eigenvalue weighted by Crippen LogP contribution is 2.31. The molecule has 1 atom stereocenters. The van der Waals surface area contributed by atoms with Crippen LogP contribution in [0.5, 0.6) is 0 Å². The number of carbonyl (C=O) groups excluding carboxylic acids is 1. The number of aryl methyl sites for hydroxylation is 2. The number of hydrogen-bond acceptors (Lipinski definition) is 6. The highest BCUT2D eigenvalue weighted by Gasteiger charge is 2.38. The van der Waals surface area contributed by atoms with Gasteiger partial charge in [-0.05, 0) is 20.8 Å². The largest absolute Gasteiger partial charge is 0.465 e. The zero-order valence-corrected chi connectivity index (χ0v) is 13.4. The van der Waals surface area contributed by atoms with Crippen LogP contribution in [0.15, 0.2) is 9.31 Å². The number of nitrogens with one attached hydrogen (secondary N) is 1. The molecule has 7 nitrogen and oxygen atoms in total. The van der Waals surface area contributed by atoms with E-state index in [-0.39, 0.29) is 28.0 Å². The minimum atomic E-state index is -3.81. The smallest absolute Gasteiger partial charge is 0.342 e. The number of hydrogen-bond donors (Lipinski definition) is 1. The van der Waals surface area contributed by atoms with Crippen LogP contribution in [0.1, 0.15) is 28.8 Å². The van der Waals surface area contributed by atoms with Crippen LogP contribution in [0.25, 0.3) is 0 Å². The number of piperazine rings is 1. The van der Waals surface area contributed by atoms with E-state index >= 15 is 0 Å². The highest BCUT2D eigenvalue weighted by molar-refractivity contribution is 7.89. The van der Waals surface area contributed by atoms with Gasteiger partial charge in [0.1, 0.15) is 22.0 Å². The fraction of sp³-hybridized carbons (Fsp3) is 0.615. The third kappa shape index (κ3) is 2.70. The fourth-order valence-electron chi connectivity index (χ4n) is 2.61. The van der Waals surface area contributed by atoms with E-state index in [2.05, 4.69) is 10.1 Å². The zero-order valence-electron chi connectivity index (χ0n) is 12.6. The summed E-state index contributed by atoms with van der Waals surface area (Å²) in [6, 6.07) is -0.191. The predicted octanol–water partition coefficient (Wildman–Crippen LogP) is 0.665. The molecule has 0 saturated carbocycles. The van der Waals surface area contributed by atoms with Crippen molar-refractivity contribution in [3.63, 3.8) is 0 Å². The van der Waals surface area contributed by atoms with Gasteiger partial charge in [0.05, 0.1) is 7.11 Å². The second-order valence-electron chi connectivity index (χ2n) is 5.08. The molecule has 0 amide bonds. The Morgan fingerprint density at radius 3 is 2.62 bits per heavy atom. The molecule has 118 valence electrons. The van der Waals surface area contributed by atoms with Gasteiger partial charge >= 0.3 is 5.97 Å². The summed E-state index contributed by atoms with van der Waals surface area (Å²) in [5.74, 6) is -0.245. The van der Waals surface area contributed by atoms with Crippen LogP contribution < -0.4 is 5.32 Å². The Bertz CT molecular complexity index is 650. The Balaban J connectivity index is 2.57. The van der Waals surface area contributed by atoms with E-state index in [1.54, 1.807) is 13.8 Å². The molecule has 0 bridgehead atoms. The number of carbonyl (C=O) groups is 1. The fourth-order valence-corrected chi connectivity index (χ4v) is 4.61. The minimum Gasteiger partial charge on any atom is -0.465 e. The Labute approximate surface area is 124 Å². The molecule has 1 aliphatic heterocycles. The van der Waals surface area contributed by atoms with Crippen molar-refractivity contribution in [3.8, 4) is 0 Å². The maximum absolute atomic E-state index is 12.9. The van der Waals surface area contributed by atoms with E-state index in [0.29, 0.717) is 19.6 Å². The normalized spacial score (nSPS) is 20.5. The first kappa shape index (κ1) is 16.0. The van der Waals surface area contributed by atoms with Crippen LogP contribution in [0, 0.1) is 13.8 Å². The van der Waals surface area contributed by atoms with Gasteiger partial charge in [-0.1, -0.05) is 0 Å². The van der Waals surface area contributed by atoms with Crippen molar-refractivity contribution in [2.24, 2.45) is 0 Å². The number of rotatable bonds is 3. The summed E-state index contributed by atoms with van der Waals surface area (Å²) >= 11 is 0. The molecular weight excluding hydrogens is 296 g/mol. The second-order valence-corrected chi connectivity index (χ2v) is 6.91. The number of methoxy groups -OCH3 is 1. The van der Waals surface area contributed by atoms with E-state index < -0.39 is 16.0 Å². The molecule has 0 spiro atoms. The van der Waals surface area contributed by atoms with Crippen LogP contribution >= 0.6 is 0 Å². The van der Waals surface area contributed by atoms with E-state index in [1.165, 1.54) is 11.4 Å². The lowest BCUT2D eigenvalue weighted by molar-refractivity contribution is 0.0594. The van der Waals surface area contributed by atoms with Crippen molar-refractivity contribution in [1.82, 2.24) is 9.62 Å². The van der Waals surface area contributed by atoms with Crippen LogP contribution in [0.2, 0.25) is 0 Å². The van der Waals surface area contributed by atoms with Crippen LogP contribution in [-0.4, -0.2) is 51.5 Å². The quantitative estimate of drug-likeness (QED) is 0.824. The monoisotopic (exact) mass is 316 g/mol. The molecule has 0 unspecified atom stereocenters. The Morgan fingerprint density at radius 2 is 2.05 bits per heavy atom. The van der Waals surface area contributed by atoms with Crippen molar-refractivity contribution in [2.45, 2.75) is 31.7 Å². The molecule has 2 rings (SSSR count).